The van der Waals surface area contributed by atoms with Crippen LogP contribution in [0.25, 0.3) is 0 Å². The van der Waals surface area contributed by atoms with Crippen LogP contribution in [0, 0.1) is 5.92 Å². The number of hydrogen-bond acceptors (Lipinski definition) is 2. The molecular weight excluding hydrogens is 278 g/mol. The number of urea groups is 1. The zero-order valence-electron chi connectivity index (χ0n) is 13.4. The fourth-order valence-corrected chi connectivity index (χ4v) is 2.47. The molecule has 2 N–H and O–H groups in total. The lowest BCUT2D eigenvalue weighted by molar-refractivity contribution is -0.133. The van der Waals surface area contributed by atoms with E-state index >= 15 is 0 Å². The summed E-state index contributed by atoms with van der Waals surface area (Å²) in [4.78, 5) is 25.5. The fraction of sp³-hybridized carbons (Fsp3) is 0.529. The number of rotatable bonds is 5. The first-order chi connectivity index (χ1) is 10.5. The molecule has 0 atom stereocenters. The predicted octanol–water partition coefficient (Wildman–Crippen LogP) is 2.98. The minimum Gasteiger partial charge on any atom is -0.338 e. The van der Waals surface area contributed by atoms with Crippen LogP contribution >= 0.6 is 0 Å². The summed E-state index contributed by atoms with van der Waals surface area (Å²) in [6, 6.07) is 7.48. The normalized spacial score (nSPS) is 15.0. The van der Waals surface area contributed by atoms with Crippen molar-refractivity contribution in [3.63, 3.8) is 0 Å². The van der Waals surface area contributed by atoms with Gasteiger partial charge in [-0.1, -0.05) is 26.0 Å². The van der Waals surface area contributed by atoms with Crippen LogP contribution in [0.1, 0.15) is 38.7 Å². The maximum atomic E-state index is 11.9. The lowest BCUT2D eigenvalue weighted by Gasteiger charge is -2.26. The zero-order chi connectivity index (χ0) is 15.9. The van der Waals surface area contributed by atoms with E-state index in [4.69, 9.17) is 0 Å². The van der Waals surface area contributed by atoms with Gasteiger partial charge >= 0.3 is 6.03 Å². The van der Waals surface area contributed by atoms with Gasteiger partial charge in [0.15, 0.2) is 0 Å². The Morgan fingerprint density at radius 1 is 1.32 bits per heavy atom. The molecule has 0 spiro atoms. The van der Waals surface area contributed by atoms with Gasteiger partial charge in [-0.05, 0) is 36.5 Å². The first-order valence-electron chi connectivity index (χ1n) is 7.96. The van der Waals surface area contributed by atoms with Gasteiger partial charge in [-0.25, -0.2) is 4.79 Å². The number of nitrogens with zero attached hydrogens (tertiary/aromatic N) is 1. The molecule has 0 bridgehead atoms. The van der Waals surface area contributed by atoms with Gasteiger partial charge in [0, 0.05) is 31.7 Å². The van der Waals surface area contributed by atoms with Crippen molar-refractivity contribution in [2.75, 3.05) is 18.4 Å². The molecule has 5 nitrogen and oxygen atoms in total. The monoisotopic (exact) mass is 303 g/mol. The fourth-order valence-electron chi connectivity index (χ4n) is 2.47. The minimum absolute atomic E-state index is 0.195. The lowest BCUT2D eigenvalue weighted by Crippen LogP contribution is -2.34. The van der Waals surface area contributed by atoms with Gasteiger partial charge in [0.2, 0.25) is 5.91 Å². The van der Waals surface area contributed by atoms with Crippen molar-refractivity contribution in [2.45, 2.75) is 39.7 Å². The highest BCUT2D eigenvalue weighted by Crippen LogP contribution is 2.17. The van der Waals surface area contributed by atoms with Gasteiger partial charge in [-0.15, -0.1) is 0 Å². The van der Waals surface area contributed by atoms with Gasteiger partial charge < -0.3 is 15.5 Å². The Kier molecular flexibility index (Phi) is 5.81. The first kappa shape index (κ1) is 16.3. The number of likely N-dealkylation sites (tertiary alicyclic amines) is 1. The van der Waals surface area contributed by atoms with Crippen molar-refractivity contribution >= 4 is 17.6 Å². The third-order valence-electron chi connectivity index (χ3n) is 3.65. The molecule has 22 heavy (non-hydrogen) atoms. The Hall–Kier alpha value is -2.04. The number of benzene rings is 1. The van der Waals surface area contributed by atoms with E-state index in [0.29, 0.717) is 25.4 Å². The van der Waals surface area contributed by atoms with E-state index in [0.717, 1.165) is 30.6 Å². The molecule has 1 heterocycles. The van der Waals surface area contributed by atoms with Gasteiger partial charge in [0.25, 0.3) is 0 Å². The maximum Gasteiger partial charge on any atom is 0.319 e. The first-order valence-corrected chi connectivity index (χ1v) is 7.96. The summed E-state index contributed by atoms with van der Waals surface area (Å²) in [5, 5.41) is 5.66. The van der Waals surface area contributed by atoms with Crippen molar-refractivity contribution in [3.05, 3.63) is 29.8 Å². The second-order valence-corrected chi connectivity index (χ2v) is 6.20. The minimum atomic E-state index is -0.195. The van der Waals surface area contributed by atoms with Crippen LogP contribution in [-0.2, 0) is 11.3 Å². The molecule has 1 fully saturated rings. The summed E-state index contributed by atoms with van der Waals surface area (Å²) in [6.07, 6.45) is 2.71. The highest BCUT2D eigenvalue weighted by Gasteiger charge is 2.18. The van der Waals surface area contributed by atoms with Crippen LogP contribution in [-0.4, -0.2) is 29.9 Å². The van der Waals surface area contributed by atoms with E-state index in [1.165, 1.54) is 0 Å². The molecule has 0 unspecified atom stereocenters. The molecule has 2 rings (SSSR count). The summed E-state index contributed by atoms with van der Waals surface area (Å²) in [5.41, 5.74) is 1.79. The lowest BCUT2D eigenvalue weighted by atomic mass is 10.1. The highest BCUT2D eigenvalue weighted by molar-refractivity contribution is 5.89. The summed E-state index contributed by atoms with van der Waals surface area (Å²) >= 11 is 0. The summed E-state index contributed by atoms with van der Waals surface area (Å²) in [5.74, 6) is 0.640. The second kappa shape index (κ2) is 7.82. The number of hydrogen-bond donors (Lipinski definition) is 2. The Morgan fingerprint density at radius 2 is 2.14 bits per heavy atom. The zero-order valence-corrected chi connectivity index (χ0v) is 13.4. The average molecular weight is 303 g/mol. The number of anilines is 1. The van der Waals surface area contributed by atoms with Crippen molar-refractivity contribution in [1.82, 2.24) is 10.2 Å². The number of carbonyl (C=O) groups is 2. The van der Waals surface area contributed by atoms with Crippen molar-refractivity contribution in [2.24, 2.45) is 5.92 Å². The summed E-state index contributed by atoms with van der Waals surface area (Å²) in [7, 11) is 0. The molecule has 1 aliphatic rings. The Morgan fingerprint density at radius 3 is 2.86 bits per heavy atom. The third kappa shape index (κ3) is 5.06. The maximum absolute atomic E-state index is 11.9. The van der Waals surface area contributed by atoms with Gasteiger partial charge in [0.1, 0.15) is 0 Å². The van der Waals surface area contributed by atoms with Crippen LogP contribution in [0.3, 0.4) is 0 Å². The number of carbonyl (C=O) groups excluding carboxylic acids is 2. The average Bonchev–Trinajstić information content (AvgIpc) is 2.48. The molecule has 0 aromatic heterocycles. The van der Waals surface area contributed by atoms with Gasteiger partial charge in [0.05, 0.1) is 0 Å². The predicted molar refractivity (Wildman–Crippen MR) is 87.6 cm³/mol. The van der Waals surface area contributed by atoms with E-state index in [9.17, 15) is 9.59 Å². The van der Waals surface area contributed by atoms with E-state index in [1.54, 1.807) is 0 Å². The van der Waals surface area contributed by atoms with Crippen LogP contribution < -0.4 is 10.6 Å². The quantitative estimate of drug-likeness (QED) is 0.878. The van der Waals surface area contributed by atoms with E-state index < -0.39 is 0 Å². The van der Waals surface area contributed by atoms with Crippen LogP contribution in [0.15, 0.2) is 24.3 Å². The van der Waals surface area contributed by atoms with E-state index in [-0.39, 0.29) is 11.9 Å². The number of amides is 3. The Labute approximate surface area is 132 Å². The molecule has 0 radical (unpaired) electrons. The van der Waals surface area contributed by atoms with Crippen molar-refractivity contribution in [1.29, 1.82) is 0 Å². The van der Waals surface area contributed by atoms with Crippen LogP contribution in [0.4, 0.5) is 10.5 Å². The smallest absolute Gasteiger partial charge is 0.319 e. The van der Waals surface area contributed by atoms with E-state index in [1.807, 2.05) is 29.2 Å². The number of nitrogens with one attached hydrogen (secondary N) is 2. The number of piperidine rings is 1. The van der Waals surface area contributed by atoms with E-state index in [2.05, 4.69) is 24.5 Å². The molecule has 1 saturated heterocycles. The SMILES string of the molecule is CC(C)CNC(=O)Nc1cccc(CN2CCCCC2=O)c1. The van der Waals surface area contributed by atoms with Gasteiger partial charge in [-0.2, -0.15) is 0 Å². The Balaban J connectivity index is 1.91. The van der Waals surface area contributed by atoms with Crippen LogP contribution in [0.2, 0.25) is 0 Å². The molecule has 1 aliphatic heterocycles. The molecule has 0 aliphatic carbocycles. The second-order valence-electron chi connectivity index (χ2n) is 6.20. The van der Waals surface area contributed by atoms with Crippen molar-refractivity contribution < 1.29 is 9.59 Å². The third-order valence-corrected chi connectivity index (χ3v) is 3.65. The van der Waals surface area contributed by atoms with Gasteiger partial charge in [-0.3, -0.25) is 4.79 Å². The largest absolute Gasteiger partial charge is 0.338 e. The molecule has 3 amide bonds. The molecule has 120 valence electrons. The summed E-state index contributed by atoms with van der Waals surface area (Å²) < 4.78 is 0. The van der Waals surface area contributed by atoms with Crippen LogP contribution in [0.5, 0.6) is 0 Å². The molecule has 0 saturated carbocycles. The highest BCUT2D eigenvalue weighted by atomic mass is 16.2. The molecular formula is C17H25N3O2. The summed E-state index contributed by atoms with van der Waals surface area (Å²) in [6.45, 7) is 6.19. The standard InChI is InChI=1S/C17H25N3O2/c1-13(2)11-18-17(22)19-15-7-5-6-14(10-15)12-20-9-4-3-8-16(20)21/h5-7,10,13H,3-4,8-9,11-12H2,1-2H3,(H2,18,19,22). The van der Waals surface area contributed by atoms with Crippen molar-refractivity contribution in [3.8, 4) is 0 Å². The Bertz CT molecular complexity index is 528. The molecule has 1 aromatic rings. The topological polar surface area (TPSA) is 61.4 Å². The molecule has 5 heteroatoms. The molecule has 1 aromatic carbocycles.